The molecule has 1 saturated heterocycles. The maximum absolute atomic E-state index is 14.9. The third-order valence-electron chi connectivity index (χ3n) is 7.37. The molecule has 6 nitrogen and oxygen atoms in total. The van der Waals surface area contributed by atoms with Gasteiger partial charge in [0.15, 0.2) is 0 Å². The number of hydrogen-bond donors (Lipinski definition) is 1. The van der Waals surface area contributed by atoms with E-state index in [-0.39, 0.29) is 37.3 Å². The molecule has 1 aromatic carbocycles. The summed E-state index contributed by atoms with van der Waals surface area (Å²) < 4.78 is 54.0. The molecule has 2 bridgehead atoms. The Bertz CT molecular complexity index is 1090. The smallest absolute Gasteiger partial charge is 0.373 e. The van der Waals surface area contributed by atoms with Gasteiger partial charge in [-0.3, -0.25) is 0 Å². The SMILES string of the molecule is CCC1NC2(C(F)(F)C(=O)OF)CC(OCc3c(-c4c(Cl)cccc4Cl)noc3C3CC3)C1C2. The summed E-state index contributed by atoms with van der Waals surface area (Å²) in [5, 5.41) is 7.89. The van der Waals surface area contributed by atoms with Crippen molar-refractivity contribution < 1.29 is 32.3 Å². The quantitative estimate of drug-likeness (QED) is 0.461. The zero-order chi connectivity index (χ0) is 24.3. The highest BCUT2D eigenvalue weighted by molar-refractivity contribution is 6.39. The van der Waals surface area contributed by atoms with Crippen molar-refractivity contribution in [3.05, 3.63) is 39.6 Å². The zero-order valence-corrected chi connectivity index (χ0v) is 19.8. The van der Waals surface area contributed by atoms with Crippen molar-refractivity contribution in [2.24, 2.45) is 5.92 Å². The van der Waals surface area contributed by atoms with E-state index in [1.165, 1.54) is 0 Å². The van der Waals surface area contributed by atoms with Gasteiger partial charge in [-0.25, -0.2) is 9.74 Å². The van der Waals surface area contributed by atoms with Gasteiger partial charge >= 0.3 is 11.9 Å². The van der Waals surface area contributed by atoms with E-state index in [2.05, 4.69) is 15.4 Å². The maximum atomic E-state index is 14.9. The van der Waals surface area contributed by atoms with Gasteiger partial charge in [-0.2, -0.15) is 8.78 Å². The Kier molecular flexibility index (Phi) is 6.11. The van der Waals surface area contributed by atoms with Crippen molar-refractivity contribution in [1.82, 2.24) is 10.5 Å². The van der Waals surface area contributed by atoms with Gasteiger partial charge in [0.1, 0.15) is 11.5 Å². The number of fused-ring (bicyclic) bond motifs is 2. The Labute approximate surface area is 203 Å². The van der Waals surface area contributed by atoms with Crippen molar-refractivity contribution in [1.29, 1.82) is 0 Å². The lowest BCUT2D eigenvalue weighted by atomic mass is 9.89. The number of rotatable bonds is 8. The summed E-state index contributed by atoms with van der Waals surface area (Å²) >= 11 is 12.8. The summed E-state index contributed by atoms with van der Waals surface area (Å²) in [5.74, 6) is -5.61. The summed E-state index contributed by atoms with van der Waals surface area (Å²) in [5.41, 5.74) is -0.248. The highest BCUT2D eigenvalue weighted by Crippen LogP contribution is 2.54. The normalized spacial score (nSPS) is 28.5. The predicted molar refractivity (Wildman–Crippen MR) is 117 cm³/mol. The summed E-state index contributed by atoms with van der Waals surface area (Å²) in [6.07, 6.45) is 1.68. The van der Waals surface area contributed by atoms with E-state index < -0.39 is 23.5 Å². The van der Waals surface area contributed by atoms with Gasteiger partial charge in [-0.1, -0.05) is 41.3 Å². The lowest BCUT2D eigenvalue weighted by molar-refractivity contribution is -0.223. The van der Waals surface area contributed by atoms with Gasteiger partial charge in [0.05, 0.1) is 28.3 Å². The van der Waals surface area contributed by atoms with Crippen molar-refractivity contribution in [2.45, 2.75) is 75.2 Å². The minimum Gasteiger partial charge on any atom is -0.373 e. The van der Waals surface area contributed by atoms with Crippen LogP contribution in [0.4, 0.5) is 13.3 Å². The Morgan fingerprint density at radius 1 is 1.29 bits per heavy atom. The molecule has 2 saturated carbocycles. The summed E-state index contributed by atoms with van der Waals surface area (Å²) in [6.45, 7) is 1.91. The third kappa shape index (κ3) is 3.72. The van der Waals surface area contributed by atoms with E-state index in [0.29, 0.717) is 39.0 Å². The molecule has 0 amide bonds. The number of halogens is 5. The molecule has 0 radical (unpaired) electrons. The second-order valence-corrected chi connectivity index (χ2v) is 10.2. The number of piperidine rings is 1. The lowest BCUT2D eigenvalue weighted by Gasteiger charge is -2.38. The molecule has 5 rings (SSSR count). The summed E-state index contributed by atoms with van der Waals surface area (Å²) in [4.78, 5) is 14.5. The molecule has 3 fully saturated rings. The van der Waals surface area contributed by atoms with Crippen LogP contribution < -0.4 is 5.32 Å². The number of carbonyl (C=O) groups excluding carboxylic acids is 1. The number of nitrogens with zero attached hydrogens (tertiary/aromatic N) is 1. The van der Waals surface area contributed by atoms with Crippen LogP contribution in [0.15, 0.2) is 22.7 Å². The first-order chi connectivity index (χ1) is 16.2. The number of alkyl halides is 2. The number of benzene rings is 1. The number of nitrogens with one attached hydrogen (secondary N) is 1. The topological polar surface area (TPSA) is 73.6 Å². The van der Waals surface area contributed by atoms with Crippen LogP contribution in [0.3, 0.4) is 0 Å². The van der Waals surface area contributed by atoms with Crippen LogP contribution >= 0.6 is 23.2 Å². The average molecular weight is 519 g/mol. The van der Waals surface area contributed by atoms with Crippen LogP contribution in [-0.4, -0.2) is 34.7 Å². The first-order valence-corrected chi connectivity index (χ1v) is 12.0. The van der Waals surface area contributed by atoms with E-state index in [4.69, 9.17) is 32.5 Å². The minimum atomic E-state index is -4.03. The Morgan fingerprint density at radius 3 is 2.62 bits per heavy atom. The van der Waals surface area contributed by atoms with Gasteiger partial charge in [-0.05, 0) is 44.2 Å². The van der Waals surface area contributed by atoms with Crippen LogP contribution in [0.1, 0.15) is 56.3 Å². The molecule has 34 heavy (non-hydrogen) atoms. The molecule has 11 heteroatoms. The van der Waals surface area contributed by atoms with Gasteiger partial charge in [0.25, 0.3) is 0 Å². The van der Waals surface area contributed by atoms with Gasteiger partial charge in [0, 0.05) is 33.5 Å². The van der Waals surface area contributed by atoms with Crippen molar-refractivity contribution >= 4 is 29.2 Å². The minimum absolute atomic E-state index is 0.0272. The Hall–Kier alpha value is -1.81. The van der Waals surface area contributed by atoms with Crippen molar-refractivity contribution in [2.75, 3.05) is 0 Å². The molecule has 2 aromatic rings. The second-order valence-electron chi connectivity index (χ2n) is 9.35. The molecule has 1 aliphatic heterocycles. The molecule has 2 aliphatic carbocycles. The predicted octanol–water partition coefficient (Wildman–Crippen LogP) is 6.00. The van der Waals surface area contributed by atoms with Gasteiger partial charge in [-0.15, -0.1) is 0 Å². The van der Waals surface area contributed by atoms with Crippen LogP contribution in [0.5, 0.6) is 0 Å². The van der Waals surface area contributed by atoms with Gasteiger partial charge in [0.2, 0.25) is 0 Å². The maximum Gasteiger partial charge on any atom is 0.419 e. The highest BCUT2D eigenvalue weighted by atomic mass is 35.5. The highest BCUT2D eigenvalue weighted by Gasteiger charge is 2.70. The van der Waals surface area contributed by atoms with Crippen LogP contribution in [0, 0.1) is 5.92 Å². The fourth-order valence-corrected chi connectivity index (χ4v) is 6.09. The average Bonchev–Trinajstić information content (AvgIpc) is 3.31. The standard InChI is InChI=1S/C23H23Cl2F3N2O4/c1-2-16-12-8-22(29-16,23(26,27)21(31)33-28)9-17(12)32-10-13-19(30-34-20(13)11-6-7-11)18-14(24)4-3-5-15(18)25/h3-5,11-12,16-17,29H,2,6-10H2,1H3. The zero-order valence-electron chi connectivity index (χ0n) is 18.3. The monoisotopic (exact) mass is 518 g/mol. The van der Waals surface area contributed by atoms with E-state index in [1.807, 2.05) is 6.92 Å². The number of carbonyl (C=O) groups is 1. The molecule has 3 aliphatic rings. The Balaban J connectivity index is 1.43. The summed E-state index contributed by atoms with van der Waals surface area (Å²) in [7, 11) is 0. The van der Waals surface area contributed by atoms with Gasteiger partial charge < -0.3 is 14.6 Å². The number of aromatic nitrogens is 1. The molecule has 1 aromatic heterocycles. The van der Waals surface area contributed by atoms with Crippen LogP contribution in [0.25, 0.3) is 11.3 Å². The van der Waals surface area contributed by atoms with Crippen LogP contribution in [-0.2, 0) is 21.1 Å². The molecule has 0 spiro atoms. The molecule has 2 heterocycles. The molecule has 4 unspecified atom stereocenters. The fraction of sp³-hybridized carbons (Fsp3) is 0.565. The molecule has 184 valence electrons. The molecular formula is C23H23Cl2F3N2O4. The van der Waals surface area contributed by atoms with E-state index >= 15 is 0 Å². The number of ether oxygens (including phenoxy) is 1. The second kappa shape index (κ2) is 8.69. The first kappa shape index (κ1) is 23.9. The Morgan fingerprint density at radius 2 is 2.00 bits per heavy atom. The van der Waals surface area contributed by atoms with E-state index in [1.54, 1.807) is 18.2 Å². The van der Waals surface area contributed by atoms with Crippen molar-refractivity contribution in [3.63, 3.8) is 0 Å². The lowest BCUT2D eigenvalue weighted by Crippen LogP contribution is -2.62. The fourth-order valence-electron chi connectivity index (χ4n) is 5.51. The third-order valence-corrected chi connectivity index (χ3v) is 8.00. The largest absolute Gasteiger partial charge is 0.419 e. The number of hydrogen-bond acceptors (Lipinski definition) is 6. The van der Waals surface area contributed by atoms with E-state index in [0.717, 1.165) is 12.8 Å². The molecule has 4 atom stereocenters. The summed E-state index contributed by atoms with van der Waals surface area (Å²) in [6, 6.07) is 4.81. The van der Waals surface area contributed by atoms with Crippen LogP contribution in [0.2, 0.25) is 10.0 Å². The molecule has 1 N–H and O–H groups in total. The molecular weight excluding hydrogens is 496 g/mol. The first-order valence-electron chi connectivity index (χ1n) is 11.3. The van der Waals surface area contributed by atoms with E-state index in [9.17, 15) is 18.1 Å². The van der Waals surface area contributed by atoms with Crippen molar-refractivity contribution in [3.8, 4) is 11.3 Å².